The Morgan fingerprint density at radius 3 is 2.87 bits per heavy atom. The summed E-state index contributed by atoms with van der Waals surface area (Å²) in [6.45, 7) is 3.36. The Labute approximate surface area is 184 Å². The monoisotopic (exact) mass is 443 g/mol. The van der Waals surface area contributed by atoms with Gasteiger partial charge in [0.05, 0.1) is 18.4 Å². The van der Waals surface area contributed by atoms with Gasteiger partial charge < -0.3 is 10.1 Å². The van der Waals surface area contributed by atoms with Crippen LogP contribution >= 0.6 is 23.4 Å². The molecule has 3 heterocycles. The number of ether oxygens (including phenoxy) is 1. The molecule has 0 aliphatic carbocycles. The predicted octanol–water partition coefficient (Wildman–Crippen LogP) is 4.21. The van der Waals surface area contributed by atoms with E-state index in [0.717, 1.165) is 36.4 Å². The fraction of sp³-hybridized carbons (Fsp3) is 0.333. The number of benzene rings is 1. The molecule has 0 unspecified atom stereocenters. The quantitative estimate of drug-likeness (QED) is 0.551. The van der Waals surface area contributed by atoms with E-state index in [9.17, 15) is 4.79 Å². The van der Waals surface area contributed by atoms with Gasteiger partial charge in [0, 0.05) is 35.3 Å². The van der Waals surface area contributed by atoms with Crippen LogP contribution in [0.5, 0.6) is 0 Å². The summed E-state index contributed by atoms with van der Waals surface area (Å²) in [5, 5.41) is 12.9. The highest BCUT2D eigenvalue weighted by Crippen LogP contribution is 2.27. The van der Waals surface area contributed by atoms with Crippen molar-refractivity contribution in [2.24, 2.45) is 0 Å². The number of hydrogen-bond donors (Lipinski definition) is 1. The average molecular weight is 444 g/mol. The Balaban J connectivity index is 1.48. The van der Waals surface area contributed by atoms with Crippen molar-refractivity contribution in [2.45, 2.75) is 37.6 Å². The summed E-state index contributed by atoms with van der Waals surface area (Å²) in [5.41, 5.74) is 2.57. The number of anilines is 1. The second kappa shape index (κ2) is 9.59. The summed E-state index contributed by atoms with van der Waals surface area (Å²) < 4.78 is 7.84. The highest BCUT2D eigenvalue weighted by atomic mass is 35.5. The van der Waals surface area contributed by atoms with E-state index < -0.39 is 0 Å². The standard InChI is InChI=1S/C21H22ClN5O2S/c1-14-4-5-16(11-18(14)22)24-19(28)13-30-21-26-25-20(15-6-8-23-9-7-15)27(21)12-17-3-2-10-29-17/h4-9,11,17H,2-3,10,12-13H2,1H3,(H,24,28)/t17-/m1/s1. The van der Waals surface area contributed by atoms with Gasteiger partial charge in [0.1, 0.15) is 0 Å². The van der Waals surface area contributed by atoms with Crippen LogP contribution in [0.25, 0.3) is 11.4 Å². The lowest BCUT2D eigenvalue weighted by Gasteiger charge is -2.14. The Bertz CT molecular complexity index is 1020. The number of hydrogen-bond acceptors (Lipinski definition) is 6. The SMILES string of the molecule is Cc1ccc(NC(=O)CSc2nnc(-c3ccncc3)n2C[C@H]2CCCO2)cc1Cl. The van der Waals surface area contributed by atoms with Crippen LogP contribution in [0.15, 0.2) is 47.9 Å². The molecule has 2 aromatic heterocycles. The first-order valence-electron chi connectivity index (χ1n) is 9.74. The van der Waals surface area contributed by atoms with E-state index in [1.54, 1.807) is 18.5 Å². The molecule has 0 spiro atoms. The molecular weight excluding hydrogens is 422 g/mol. The van der Waals surface area contributed by atoms with Gasteiger partial charge in [-0.25, -0.2) is 0 Å². The van der Waals surface area contributed by atoms with Crippen LogP contribution < -0.4 is 5.32 Å². The molecule has 0 bridgehead atoms. The fourth-order valence-corrected chi connectivity index (χ4v) is 4.19. The molecule has 1 N–H and O–H groups in total. The zero-order valence-corrected chi connectivity index (χ0v) is 18.1. The highest BCUT2D eigenvalue weighted by Gasteiger charge is 2.22. The van der Waals surface area contributed by atoms with Crippen LogP contribution in [0.1, 0.15) is 18.4 Å². The van der Waals surface area contributed by atoms with Crippen molar-refractivity contribution in [2.75, 3.05) is 17.7 Å². The van der Waals surface area contributed by atoms with Gasteiger partial charge in [-0.3, -0.25) is 14.3 Å². The van der Waals surface area contributed by atoms with E-state index in [4.69, 9.17) is 16.3 Å². The summed E-state index contributed by atoms with van der Waals surface area (Å²) >= 11 is 7.49. The zero-order chi connectivity index (χ0) is 20.9. The number of carbonyl (C=O) groups is 1. The van der Waals surface area contributed by atoms with Crippen LogP contribution in [0.2, 0.25) is 5.02 Å². The maximum Gasteiger partial charge on any atom is 0.234 e. The minimum absolute atomic E-state index is 0.128. The third-order valence-electron chi connectivity index (χ3n) is 4.85. The number of amides is 1. The van der Waals surface area contributed by atoms with Gasteiger partial charge in [-0.1, -0.05) is 29.4 Å². The molecule has 1 atom stereocenters. The van der Waals surface area contributed by atoms with E-state index in [2.05, 4.69) is 20.5 Å². The van der Waals surface area contributed by atoms with Crippen molar-refractivity contribution in [3.8, 4) is 11.4 Å². The molecule has 30 heavy (non-hydrogen) atoms. The van der Waals surface area contributed by atoms with Crippen LogP contribution in [0, 0.1) is 6.92 Å². The van der Waals surface area contributed by atoms with E-state index >= 15 is 0 Å². The van der Waals surface area contributed by atoms with Crippen LogP contribution in [0.4, 0.5) is 5.69 Å². The fourth-order valence-electron chi connectivity index (χ4n) is 3.26. The predicted molar refractivity (Wildman–Crippen MR) is 118 cm³/mol. The summed E-state index contributed by atoms with van der Waals surface area (Å²) in [6.07, 6.45) is 5.65. The van der Waals surface area contributed by atoms with Crippen molar-refractivity contribution in [3.63, 3.8) is 0 Å². The molecule has 1 aromatic carbocycles. The first-order chi connectivity index (χ1) is 14.6. The van der Waals surface area contributed by atoms with E-state index in [0.29, 0.717) is 22.4 Å². The van der Waals surface area contributed by atoms with Crippen molar-refractivity contribution in [3.05, 3.63) is 53.3 Å². The number of halogens is 1. The largest absolute Gasteiger partial charge is 0.376 e. The number of nitrogens with one attached hydrogen (secondary N) is 1. The third kappa shape index (κ3) is 5.00. The average Bonchev–Trinajstić information content (AvgIpc) is 3.40. The normalized spacial score (nSPS) is 16.0. The molecule has 1 aliphatic rings. The first kappa shape index (κ1) is 20.8. The summed E-state index contributed by atoms with van der Waals surface area (Å²) in [6, 6.07) is 9.27. The van der Waals surface area contributed by atoms with E-state index in [-0.39, 0.29) is 17.8 Å². The zero-order valence-electron chi connectivity index (χ0n) is 16.5. The molecular formula is C21H22ClN5O2S. The van der Waals surface area contributed by atoms with Gasteiger partial charge >= 0.3 is 0 Å². The Hall–Kier alpha value is -2.42. The van der Waals surface area contributed by atoms with Crippen LogP contribution in [0.3, 0.4) is 0 Å². The number of nitrogens with zero attached hydrogens (tertiary/aromatic N) is 4. The summed E-state index contributed by atoms with van der Waals surface area (Å²) in [4.78, 5) is 16.5. The van der Waals surface area contributed by atoms with Gasteiger partial charge in [0.2, 0.25) is 5.91 Å². The minimum Gasteiger partial charge on any atom is -0.376 e. The maximum absolute atomic E-state index is 12.4. The number of aromatic nitrogens is 4. The molecule has 1 fully saturated rings. The van der Waals surface area contributed by atoms with Crippen molar-refractivity contribution in [1.29, 1.82) is 0 Å². The number of pyridine rings is 1. The molecule has 0 radical (unpaired) electrons. The van der Waals surface area contributed by atoms with Gasteiger partial charge in [-0.15, -0.1) is 10.2 Å². The third-order valence-corrected chi connectivity index (χ3v) is 6.23. The number of rotatable bonds is 7. The van der Waals surface area contributed by atoms with Crippen LogP contribution in [-0.2, 0) is 16.1 Å². The molecule has 4 rings (SSSR count). The number of carbonyl (C=O) groups excluding carboxylic acids is 1. The van der Waals surface area contributed by atoms with Gasteiger partial charge in [0.15, 0.2) is 11.0 Å². The lowest BCUT2D eigenvalue weighted by atomic mass is 10.2. The number of aryl methyl sites for hydroxylation is 1. The Morgan fingerprint density at radius 2 is 2.13 bits per heavy atom. The topological polar surface area (TPSA) is 81.9 Å². The van der Waals surface area contributed by atoms with Crippen molar-refractivity contribution in [1.82, 2.24) is 19.7 Å². The molecule has 1 aliphatic heterocycles. The molecule has 1 amide bonds. The van der Waals surface area contributed by atoms with Gasteiger partial charge in [-0.05, 0) is 49.6 Å². The molecule has 9 heteroatoms. The lowest BCUT2D eigenvalue weighted by molar-refractivity contribution is -0.113. The second-order valence-electron chi connectivity index (χ2n) is 7.09. The molecule has 1 saturated heterocycles. The maximum atomic E-state index is 12.4. The molecule has 7 nitrogen and oxygen atoms in total. The van der Waals surface area contributed by atoms with Gasteiger partial charge in [-0.2, -0.15) is 0 Å². The molecule has 156 valence electrons. The Morgan fingerprint density at radius 1 is 1.30 bits per heavy atom. The first-order valence-corrected chi connectivity index (χ1v) is 11.1. The summed E-state index contributed by atoms with van der Waals surface area (Å²) in [5.74, 6) is 0.837. The van der Waals surface area contributed by atoms with Crippen LogP contribution in [-0.4, -0.2) is 44.1 Å². The van der Waals surface area contributed by atoms with Gasteiger partial charge in [0.25, 0.3) is 0 Å². The second-order valence-corrected chi connectivity index (χ2v) is 8.44. The lowest BCUT2D eigenvalue weighted by Crippen LogP contribution is -2.18. The van der Waals surface area contributed by atoms with Crippen molar-refractivity contribution >= 4 is 35.0 Å². The van der Waals surface area contributed by atoms with Crippen molar-refractivity contribution < 1.29 is 9.53 Å². The highest BCUT2D eigenvalue weighted by molar-refractivity contribution is 7.99. The molecule has 3 aromatic rings. The minimum atomic E-state index is -0.128. The summed E-state index contributed by atoms with van der Waals surface area (Å²) in [7, 11) is 0. The number of thioether (sulfide) groups is 1. The molecule has 0 saturated carbocycles. The van der Waals surface area contributed by atoms with E-state index in [1.807, 2.05) is 35.8 Å². The smallest absolute Gasteiger partial charge is 0.234 e. The Kier molecular flexibility index (Phi) is 6.66. The van der Waals surface area contributed by atoms with E-state index in [1.165, 1.54) is 11.8 Å².